The van der Waals surface area contributed by atoms with E-state index in [2.05, 4.69) is 9.97 Å². The Labute approximate surface area is 105 Å². The van der Waals surface area contributed by atoms with E-state index in [1.54, 1.807) is 0 Å². The van der Waals surface area contributed by atoms with Crippen LogP contribution < -0.4 is 0 Å². The molecule has 1 aromatic carbocycles. The molecule has 0 fully saturated rings. The minimum atomic E-state index is -4.11. The Morgan fingerprint density at radius 3 is 2.41 bits per heavy atom. The molecule has 1 heterocycles. The van der Waals surface area contributed by atoms with Gasteiger partial charge < -0.3 is 10.2 Å². The predicted octanol–water partition coefficient (Wildman–Crippen LogP) is 1.62. The summed E-state index contributed by atoms with van der Waals surface area (Å²) in [6, 6.07) is 1.56. The largest absolute Gasteiger partial charge is 0.493 e. The third kappa shape index (κ3) is 2.21. The van der Waals surface area contributed by atoms with Crippen LogP contribution in [0.3, 0.4) is 0 Å². The summed E-state index contributed by atoms with van der Waals surface area (Å²) in [5, 5.41) is 18.6. The Hall–Kier alpha value is -1.31. The summed E-state index contributed by atoms with van der Waals surface area (Å²) in [7, 11) is 1.09. The number of nitrogens with zero attached hydrogens (tertiary/aromatic N) is 2. The Kier molecular flexibility index (Phi) is 2.76. The van der Waals surface area contributed by atoms with Crippen LogP contribution in [0.5, 0.6) is 11.9 Å². The lowest BCUT2D eigenvalue weighted by Crippen LogP contribution is -1.96. The summed E-state index contributed by atoms with van der Waals surface area (Å²) in [6.07, 6.45) is 0. The third-order valence-electron chi connectivity index (χ3n) is 1.96. The molecule has 0 saturated carbocycles. The molecule has 0 radical (unpaired) electrons. The van der Waals surface area contributed by atoms with E-state index in [-0.39, 0.29) is 15.9 Å². The highest BCUT2D eigenvalue weighted by atomic mass is 35.7. The van der Waals surface area contributed by atoms with Gasteiger partial charge in [0.1, 0.15) is 10.4 Å². The summed E-state index contributed by atoms with van der Waals surface area (Å²) in [5.74, 6) is -0.587. The van der Waals surface area contributed by atoms with Crippen molar-refractivity contribution in [1.29, 1.82) is 0 Å². The Morgan fingerprint density at radius 2 is 1.82 bits per heavy atom. The molecule has 0 atom stereocenters. The number of hydrogen-bond acceptors (Lipinski definition) is 6. The first kappa shape index (κ1) is 12.2. The van der Waals surface area contributed by atoms with Crippen molar-refractivity contribution in [3.05, 3.63) is 17.2 Å². The first-order valence-corrected chi connectivity index (χ1v) is 6.81. The Morgan fingerprint density at radius 1 is 1.18 bits per heavy atom. The maximum Gasteiger partial charge on any atom is 0.317 e. The highest BCUT2D eigenvalue weighted by Gasteiger charge is 2.19. The summed E-state index contributed by atoms with van der Waals surface area (Å²) < 4.78 is 22.6. The molecule has 2 aromatic rings. The minimum absolute atomic E-state index is 0.0190. The van der Waals surface area contributed by atoms with Gasteiger partial charge in [0.25, 0.3) is 9.05 Å². The van der Waals surface area contributed by atoms with Crippen molar-refractivity contribution in [2.45, 2.75) is 4.90 Å². The molecule has 0 unspecified atom stereocenters. The van der Waals surface area contributed by atoms with E-state index in [4.69, 9.17) is 27.4 Å². The molecule has 2 rings (SSSR count). The number of hydrogen-bond donors (Lipinski definition) is 2. The molecule has 1 aromatic heterocycles. The summed E-state index contributed by atoms with van der Waals surface area (Å²) >= 11 is 5.69. The van der Waals surface area contributed by atoms with Crippen LogP contribution in [0, 0.1) is 0 Å². The lowest BCUT2D eigenvalue weighted by Gasteiger charge is -2.05. The molecule has 17 heavy (non-hydrogen) atoms. The third-order valence-corrected chi connectivity index (χ3v) is 3.51. The fraction of sp³-hybridized carbons (Fsp3) is 0. The van der Waals surface area contributed by atoms with Gasteiger partial charge in [0, 0.05) is 15.7 Å². The average molecular weight is 295 g/mol. The molecule has 0 aliphatic heterocycles. The van der Waals surface area contributed by atoms with Gasteiger partial charge in [-0.3, -0.25) is 0 Å². The molecule has 90 valence electrons. The number of halogens is 2. The molecule has 0 amide bonds. The summed E-state index contributed by atoms with van der Waals surface area (Å²) in [5.41, 5.74) is -0.200. The first-order valence-electron chi connectivity index (χ1n) is 4.13. The Bertz CT molecular complexity index is 717. The zero-order valence-corrected chi connectivity index (χ0v) is 10.3. The van der Waals surface area contributed by atoms with E-state index >= 15 is 0 Å². The van der Waals surface area contributed by atoms with E-state index in [9.17, 15) is 13.5 Å². The second-order valence-corrected chi connectivity index (χ2v) is 6.06. The number of fused-ring (bicyclic) bond motifs is 1. The fourth-order valence-electron chi connectivity index (χ4n) is 1.33. The quantitative estimate of drug-likeness (QED) is 0.775. The highest BCUT2D eigenvalue weighted by Crippen LogP contribution is 2.33. The topological polar surface area (TPSA) is 100 Å². The van der Waals surface area contributed by atoms with Crippen molar-refractivity contribution in [3.8, 4) is 11.9 Å². The van der Waals surface area contributed by atoms with Crippen molar-refractivity contribution in [1.82, 2.24) is 9.97 Å². The number of benzene rings is 1. The van der Waals surface area contributed by atoms with Gasteiger partial charge in [-0.05, 0) is 12.1 Å². The van der Waals surface area contributed by atoms with Crippen molar-refractivity contribution in [2.75, 3.05) is 0 Å². The normalized spacial score (nSPS) is 11.9. The molecule has 9 heteroatoms. The molecule has 0 saturated heterocycles. The van der Waals surface area contributed by atoms with Crippen LogP contribution in [0.2, 0.25) is 5.02 Å². The second-order valence-electron chi connectivity index (χ2n) is 3.09. The SMILES string of the molecule is O=S(=O)(Cl)c1cc(Cl)cc2c(O)nc(O)nc12. The maximum absolute atomic E-state index is 11.3. The highest BCUT2D eigenvalue weighted by molar-refractivity contribution is 8.14. The summed E-state index contributed by atoms with van der Waals surface area (Å²) in [4.78, 5) is 6.37. The van der Waals surface area contributed by atoms with Crippen molar-refractivity contribution >= 4 is 42.2 Å². The number of aromatic hydroxyl groups is 2. The molecular formula is C8H4Cl2N2O4S. The zero-order chi connectivity index (χ0) is 12.8. The van der Waals surface area contributed by atoms with Crippen molar-refractivity contribution in [3.63, 3.8) is 0 Å². The Balaban J connectivity index is 3.03. The van der Waals surface area contributed by atoms with Gasteiger partial charge in [0.05, 0.1) is 5.39 Å². The van der Waals surface area contributed by atoms with Gasteiger partial charge >= 0.3 is 6.01 Å². The molecule has 2 N–H and O–H groups in total. The molecule has 0 aliphatic carbocycles. The standard InChI is InChI=1S/C8H4Cl2N2O4S/c9-3-1-4-6(5(2-3)17(10,15)16)11-8(14)12-7(4)13/h1-2H,(H2,11,12,13,14). The monoisotopic (exact) mass is 294 g/mol. The molecule has 6 nitrogen and oxygen atoms in total. The molecule has 0 spiro atoms. The lowest BCUT2D eigenvalue weighted by molar-refractivity contribution is 0.403. The average Bonchev–Trinajstić information content (AvgIpc) is 2.16. The van der Waals surface area contributed by atoms with Crippen LogP contribution in [-0.4, -0.2) is 28.6 Å². The van der Waals surface area contributed by atoms with E-state index in [1.165, 1.54) is 6.07 Å². The van der Waals surface area contributed by atoms with Gasteiger partial charge in [-0.2, -0.15) is 9.97 Å². The van der Waals surface area contributed by atoms with E-state index in [0.29, 0.717) is 0 Å². The van der Waals surface area contributed by atoms with Crippen molar-refractivity contribution < 1.29 is 18.6 Å². The summed E-state index contributed by atoms with van der Waals surface area (Å²) in [6.45, 7) is 0. The zero-order valence-electron chi connectivity index (χ0n) is 7.92. The van der Waals surface area contributed by atoms with Crippen LogP contribution >= 0.6 is 22.3 Å². The number of aromatic nitrogens is 2. The van der Waals surface area contributed by atoms with Crippen LogP contribution in [0.25, 0.3) is 10.9 Å². The van der Waals surface area contributed by atoms with Gasteiger partial charge in [-0.15, -0.1) is 0 Å². The van der Waals surface area contributed by atoms with Gasteiger partial charge in [-0.25, -0.2) is 8.42 Å². The van der Waals surface area contributed by atoms with E-state index < -0.39 is 25.8 Å². The van der Waals surface area contributed by atoms with Gasteiger partial charge in [0.15, 0.2) is 0 Å². The lowest BCUT2D eigenvalue weighted by atomic mass is 10.2. The smallest absolute Gasteiger partial charge is 0.317 e. The molecular weight excluding hydrogens is 291 g/mol. The minimum Gasteiger partial charge on any atom is -0.493 e. The van der Waals surface area contributed by atoms with Gasteiger partial charge in [0.2, 0.25) is 5.88 Å². The van der Waals surface area contributed by atoms with Crippen LogP contribution in [0.15, 0.2) is 17.0 Å². The molecule has 0 bridgehead atoms. The van der Waals surface area contributed by atoms with E-state index in [0.717, 1.165) is 6.07 Å². The second kappa shape index (κ2) is 3.86. The van der Waals surface area contributed by atoms with Crippen LogP contribution in [0.4, 0.5) is 0 Å². The number of rotatable bonds is 1. The maximum atomic E-state index is 11.3. The first-order chi connectivity index (χ1) is 7.79. The van der Waals surface area contributed by atoms with Gasteiger partial charge in [-0.1, -0.05) is 11.6 Å². The predicted molar refractivity (Wildman–Crippen MR) is 60.9 cm³/mol. The van der Waals surface area contributed by atoms with Crippen LogP contribution in [-0.2, 0) is 9.05 Å². The van der Waals surface area contributed by atoms with E-state index in [1.807, 2.05) is 0 Å². The molecule has 0 aliphatic rings. The van der Waals surface area contributed by atoms with Crippen molar-refractivity contribution in [2.24, 2.45) is 0 Å². The fourth-order valence-corrected chi connectivity index (χ4v) is 2.62. The van der Waals surface area contributed by atoms with Crippen LogP contribution in [0.1, 0.15) is 0 Å².